The highest BCUT2D eigenvalue weighted by Crippen LogP contribution is 2.30. The summed E-state index contributed by atoms with van der Waals surface area (Å²) >= 11 is 0. The maximum Gasteiger partial charge on any atom is 0.273 e. The van der Waals surface area contributed by atoms with E-state index in [0.29, 0.717) is 41.5 Å². The lowest BCUT2D eigenvalue weighted by molar-refractivity contribution is 0.0751. The molecule has 0 radical (unpaired) electrons. The van der Waals surface area contributed by atoms with E-state index in [0.717, 1.165) is 30.5 Å². The van der Waals surface area contributed by atoms with E-state index in [-0.39, 0.29) is 11.8 Å². The third-order valence-electron chi connectivity index (χ3n) is 5.53. The van der Waals surface area contributed by atoms with E-state index < -0.39 is 0 Å². The number of aromatic nitrogens is 1. The van der Waals surface area contributed by atoms with Crippen LogP contribution in [0.1, 0.15) is 52.5 Å². The summed E-state index contributed by atoms with van der Waals surface area (Å²) in [5, 5.41) is 8.95. The SMILES string of the molecule is CCCOc1cc(C2=NN(C(=O)c3ccc(NC(=O)c4cccnc4)cc3)CCC2)ccc1OC. The van der Waals surface area contributed by atoms with E-state index >= 15 is 0 Å². The van der Waals surface area contributed by atoms with Crippen molar-refractivity contribution < 1.29 is 19.1 Å². The monoisotopic (exact) mass is 472 g/mol. The summed E-state index contributed by atoms with van der Waals surface area (Å²) in [4.78, 5) is 29.4. The molecular weight excluding hydrogens is 444 g/mol. The lowest BCUT2D eigenvalue weighted by Crippen LogP contribution is -2.32. The highest BCUT2D eigenvalue weighted by molar-refractivity contribution is 6.05. The molecule has 2 amide bonds. The molecule has 2 heterocycles. The van der Waals surface area contributed by atoms with Gasteiger partial charge in [-0.2, -0.15) is 5.10 Å². The number of pyridine rings is 1. The van der Waals surface area contributed by atoms with Crippen molar-refractivity contribution in [1.82, 2.24) is 9.99 Å². The molecule has 0 saturated heterocycles. The van der Waals surface area contributed by atoms with Crippen molar-refractivity contribution in [3.8, 4) is 11.5 Å². The fraction of sp³-hybridized carbons (Fsp3) is 0.259. The van der Waals surface area contributed by atoms with Gasteiger partial charge < -0.3 is 14.8 Å². The largest absolute Gasteiger partial charge is 0.493 e. The topological polar surface area (TPSA) is 93.1 Å². The maximum absolute atomic E-state index is 13.1. The number of amides is 2. The van der Waals surface area contributed by atoms with Gasteiger partial charge in [-0.1, -0.05) is 6.92 Å². The lowest BCUT2D eigenvalue weighted by atomic mass is 10.0. The molecule has 0 fully saturated rings. The quantitative estimate of drug-likeness (QED) is 0.510. The Balaban J connectivity index is 1.47. The average molecular weight is 473 g/mol. The Morgan fingerprint density at radius 1 is 1.06 bits per heavy atom. The van der Waals surface area contributed by atoms with Crippen molar-refractivity contribution in [2.75, 3.05) is 25.6 Å². The third-order valence-corrected chi connectivity index (χ3v) is 5.53. The Bertz CT molecular complexity index is 1210. The Morgan fingerprint density at radius 2 is 1.89 bits per heavy atom. The van der Waals surface area contributed by atoms with Gasteiger partial charge in [-0.3, -0.25) is 14.6 Å². The van der Waals surface area contributed by atoms with Crippen LogP contribution in [0, 0.1) is 0 Å². The van der Waals surface area contributed by atoms with Crippen molar-refractivity contribution in [2.45, 2.75) is 26.2 Å². The Kier molecular flexibility index (Phi) is 7.72. The molecule has 8 heteroatoms. The van der Waals surface area contributed by atoms with Crippen molar-refractivity contribution in [1.29, 1.82) is 0 Å². The van der Waals surface area contributed by atoms with Crippen molar-refractivity contribution in [3.63, 3.8) is 0 Å². The van der Waals surface area contributed by atoms with Crippen molar-refractivity contribution in [2.24, 2.45) is 5.10 Å². The smallest absolute Gasteiger partial charge is 0.273 e. The first-order chi connectivity index (χ1) is 17.1. The number of carbonyl (C=O) groups excluding carboxylic acids is 2. The number of nitrogens with one attached hydrogen (secondary N) is 1. The summed E-state index contributed by atoms with van der Waals surface area (Å²) in [5.41, 5.74) is 3.29. The normalized spacial score (nSPS) is 13.1. The molecule has 1 aliphatic heterocycles. The van der Waals surface area contributed by atoms with Crippen LogP contribution in [0.5, 0.6) is 11.5 Å². The van der Waals surface area contributed by atoms with Crippen LogP contribution in [-0.4, -0.2) is 47.8 Å². The van der Waals surface area contributed by atoms with Gasteiger partial charge in [-0.25, -0.2) is 5.01 Å². The molecule has 0 atom stereocenters. The third kappa shape index (κ3) is 5.84. The Morgan fingerprint density at radius 3 is 2.60 bits per heavy atom. The van der Waals surface area contributed by atoms with Gasteiger partial charge in [0.25, 0.3) is 11.8 Å². The van der Waals surface area contributed by atoms with Gasteiger partial charge in [0.2, 0.25) is 0 Å². The number of anilines is 1. The Hall–Kier alpha value is -4.20. The predicted molar refractivity (Wildman–Crippen MR) is 134 cm³/mol. The fourth-order valence-electron chi connectivity index (χ4n) is 3.72. The van der Waals surface area contributed by atoms with E-state index in [1.165, 1.54) is 11.2 Å². The number of methoxy groups -OCH3 is 1. The fourth-order valence-corrected chi connectivity index (χ4v) is 3.72. The van der Waals surface area contributed by atoms with Crippen LogP contribution in [0.4, 0.5) is 5.69 Å². The molecule has 1 aliphatic rings. The summed E-state index contributed by atoms with van der Waals surface area (Å²) in [6.07, 6.45) is 5.58. The number of rotatable bonds is 8. The number of nitrogens with zero attached hydrogens (tertiary/aromatic N) is 3. The number of hydrogen-bond acceptors (Lipinski definition) is 6. The second-order valence-electron chi connectivity index (χ2n) is 8.07. The zero-order valence-electron chi connectivity index (χ0n) is 19.9. The molecule has 8 nitrogen and oxygen atoms in total. The summed E-state index contributed by atoms with van der Waals surface area (Å²) in [6, 6.07) is 15.9. The number of hydrazone groups is 1. The van der Waals surface area contributed by atoms with Crippen LogP contribution in [0.15, 0.2) is 72.1 Å². The molecule has 1 aromatic heterocycles. The highest BCUT2D eigenvalue weighted by atomic mass is 16.5. The Labute approximate surface area is 204 Å². The molecule has 2 aromatic carbocycles. The van der Waals surface area contributed by atoms with Crippen LogP contribution in [0.25, 0.3) is 0 Å². The summed E-state index contributed by atoms with van der Waals surface area (Å²) in [7, 11) is 1.61. The first-order valence-electron chi connectivity index (χ1n) is 11.6. The molecule has 35 heavy (non-hydrogen) atoms. The van der Waals surface area contributed by atoms with E-state index in [1.807, 2.05) is 25.1 Å². The van der Waals surface area contributed by atoms with E-state index in [9.17, 15) is 9.59 Å². The lowest BCUT2D eigenvalue weighted by Gasteiger charge is -2.24. The minimum Gasteiger partial charge on any atom is -0.493 e. The predicted octanol–water partition coefficient (Wildman–Crippen LogP) is 4.77. The minimum atomic E-state index is -0.260. The zero-order chi connectivity index (χ0) is 24.6. The molecule has 0 aliphatic carbocycles. The molecule has 1 N–H and O–H groups in total. The second-order valence-corrected chi connectivity index (χ2v) is 8.07. The summed E-state index contributed by atoms with van der Waals surface area (Å²) < 4.78 is 11.2. The number of hydrogen-bond donors (Lipinski definition) is 1. The first-order valence-corrected chi connectivity index (χ1v) is 11.6. The van der Waals surface area contributed by atoms with Crippen molar-refractivity contribution >= 4 is 23.2 Å². The molecule has 4 rings (SSSR count). The van der Waals surface area contributed by atoms with Crippen LogP contribution >= 0.6 is 0 Å². The van der Waals surface area contributed by atoms with Gasteiger partial charge in [-0.05, 0) is 73.9 Å². The molecule has 0 spiro atoms. The van der Waals surface area contributed by atoms with Crippen LogP contribution < -0.4 is 14.8 Å². The van der Waals surface area contributed by atoms with Crippen molar-refractivity contribution in [3.05, 3.63) is 83.7 Å². The average Bonchev–Trinajstić information content (AvgIpc) is 2.92. The van der Waals surface area contributed by atoms with Crippen LogP contribution in [-0.2, 0) is 0 Å². The summed E-state index contributed by atoms with van der Waals surface area (Å²) in [6.45, 7) is 3.18. The van der Waals surface area contributed by atoms with E-state index in [2.05, 4.69) is 15.4 Å². The number of ether oxygens (including phenoxy) is 2. The standard InChI is InChI=1S/C27H28N4O4/c1-3-16-35-25-17-20(10-13-24(25)34-2)23-7-5-15-31(30-23)27(33)19-8-11-22(12-9-19)29-26(32)21-6-4-14-28-18-21/h4,6,8-14,17-18H,3,5,7,15-16H2,1-2H3,(H,29,32). The molecule has 0 bridgehead atoms. The second kappa shape index (κ2) is 11.3. The minimum absolute atomic E-state index is 0.191. The van der Waals surface area contributed by atoms with E-state index in [1.54, 1.807) is 49.7 Å². The summed E-state index contributed by atoms with van der Waals surface area (Å²) in [5.74, 6) is 0.886. The molecule has 0 saturated carbocycles. The van der Waals surface area contributed by atoms with Gasteiger partial charge in [-0.15, -0.1) is 0 Å². The molecule has 180 valence electrons. The first kappa shape index (κ1) is 23.9. The van der Waals surface area contributed by atoms with Gasteiger partial charge in [0, 0.05) is 35.8 Å². The number of carbonyl (C=O) groups is 2. The zero-order valence-corrected chi connectivity index (χ0v) is 19.9. The van der Waals surface area contributed by atoms with Gasteiger partial charge in [0.1, 0.15) is 0 Å². The maximum atomic E-state index is 13.1. The van der Waals surface area contributed by atoms with Crippen LogP contribution in [0.2, 0.25) is 0 Å². The van der Waals surface area contributed by atoms with E-state index in [4.69, 9.17) is 9.47 Å². The van der Waals surface area contributed by atoms with Gasteiger partial charge in [0.05, 0.1) is 25.0 Å². The molecular formula is C27H28N4O4. The van der Waals surface area contributed by atoms with Gasteiger partial charge in [0.15, 0.2) is 11.5 Å². The van der Waals surface area contributed by atoms with Crippen LogP contribution in [0.3, 0.4) is 0 Å². The molecule has 3 aromatic rings. The number of benzene rings is 2. The highest BCUT2D eigenvalue weighted by Gasteiger charge is 2.21. The molecule has 0 unspecified atom stereocenters. The van der Waals surface area contributed by atoms with Gasteiger partial charge >= 0.3 is 0 Å².